The molecule has 0 aliphatic carbocycles. The summed E-state index contributed by atoms with van der Waals surface area (Å²) in [5, 5.41) is 0. The van der Waals surface area contributed by atoms with Gasteiger partial charge in [0.2, 0.25) is 0 Å². The second-order valence-corrected chi connectivity index (χ2v) is 7.43. The van der Waals surface area contributed by atoms with E-state index in [1.165, 1.54) is 48.8 Å². The van der Waals surface area contributed by atoms with Crippen LogP contribution in [0.4, 0.5) is 0 Å². The molecular formula is C23H38O. The predicted octanol–water partition coefficient (Wildman–Crippen LogP) is 7.36. The van der Waals surface area contributed by atoms with Crippen LogP contribution in [0.2, 0.25) is 0 Å². The summed E-state index contributed by atoms with van der Waals surface area (Å²) in [6.07, 6.45) is 18.8. The van der Waals surface area contributed by atoms with Crippen molar-refractivity contribution in [2.75, 3.05) is 0 Å². The smallest absolute Gasteiger partial charge is 0.152 e. The van der Waals surface area contributed by atoms with Gasteiger partial charge in [0.05, 0.1) is 0 Å². The number of hydrogen-bond donors (Lipinski definition) is 0. The molecule has 0 aliphatic rings. The summed E-state index contributed by atoms with van der Waals surface area (Å²) in [6, 6.07) is 0. The Morgan fingerprint density at radius 3 is 2.21 bits per heavy atom. The minimum atomic E-state index is 0.102. The van der Waals surface area contributed by atoms with E-state index in [-0.39, 0.29) is 5.78 Å². The van der Waals surface area contributed by atoms with Gasteiger partial charge in [-0.25, -0.2) is 0 Å². The maximum Gasteiger partial charge on any atom is 0.152 e. The van der Waals surface area contributed by atoms with Crippen LogP contribution in [0.3, 0.4) is 0 Å². The van der Waals surface area contributed by atoms with Gasteiger partial charge in [-0.3, -0.25) is 4.79 Å². The predicted molar refractivity (Wildman–Crippen MR) is 108 cm³/mol. The Balaban J connectivity index is 3.91. The highest BCUT2D eigenvalue weighted by Crippen LogP contribution is 2.18. The zero-order chi connectivity index (χ0) is 18.4. The number of ketones is 1. The van der Waals surface area contributed by atoms with Crippen LogP contribution in [0.5, 0.6) is 0 Å². The standard InChI is InChI=1S/C23H38O/c1-19(2)11-7-12-20(3)13-8-14-21(4)15-9-16-22(5)17-10-18-23(6)24/h10-11,15,17-18,20H,7-9,12-14,16H2,1-6H3/b18-10+,21-15+,22-17+. The molecular weight excluding hydrogens is 292 g/mol. The van der Waals surface area contributed by atoms with Gasteiger partial charge in [0, 0.05) is 0 Å². The number of carbonyl (C=O) groups excluding carboxylic acids is 1. The fraction of sp³-hybridized carbons (Fsp3) is 0.609. The lowest BCUT2D eigenvalue weighted by Crippen LogP contribution is -1.94. The number of allylic oxidation sites excluding steroid dienone is 8. The van der Waals surface area contributed by atoms with Gasteiger partial charge in [0.1, 0.15) is 0 Å². The Morgan fingerprint density at radius 1 is 0.875 bits per heavy atom. The molecule has 0 saturated carbocycles. The van der Waals surface area contributed by atoms with Crippen molar-refractivity contribution in [2.45, 2.75) is 86.5 Å². The summed E-state index contributed by atoms with van der Waals surface area (Å²) in [5.74, 6) is 0.927. The van der Waals surface area contributed by atoms with Gasteiger partial charge < -0.3 is 0 Å². The third-order valence-electron chi connectivity index (χ3n) is 4.22. The summed E-state index contributed by atoms with van der Waals surface area (Å²) in [5.41, 5.74) is 4.27. The lowest BCUT2D eigenvalue weighted by atomic mass is 9.96. The largest absolute Gasteiger partial charge is 0.295 e. The van der Waals surface area contributed by atoms with Crippen LogP contribution in [0, 0.1) is 5.92 Å². The van der Waals surface area contributed by atoms with E-state index >= 15 is 0 Å². The molecule has 1 nitrogen and oxygen atoms in total. The quantitative estimate of drug-likeness (QED) is 0.207. The first-order valence-electron chi connectivity index (χ1n) is 9.44. The van der Waals surface area contributed by atoms with Crippen LogP contribution in [0.15, 0.2) is 47.1 Å². The molecule has 0 radical (unpaired) electrons. The molecule has 0 heterocycles. The highest BCUT2D eigenvalue weighted by Gasteiger charge is 2.01. The van der Waals surface area contributed by atoms with Crippen LogP contribution >= 0.6 is 0 Å². The zero-order valence-corrected chi connectivity index (χ0v) is 16.8. The maximum atomic E-state index is 10.8. The normalized spacial score (nSPS) is 14.1. The minimum Gasteiger partial charge on any atom is -0.295 e. The SMILES string of the molecule is CC(=O)/C=C/C=C(\C)CC/C=C(\C)CCCC(C)CCC=C(C)C. The van der Waals surface area contributed by atoms with Crippen molar-refractivity contribution < 1.29 is 4.79 Å². The summed E-state index contributed by atoms with van der Waals surface area (Å²) < 4.78 is 0. The van der Waals surface area contributed by atoms with Gasteiger partial charge in [-0.1, -0.05) is 54.4 Å². The Labute approximate surface area is 150 Å². The van der Waals surface area contributed by atoms with E-state index in [1.807, 2.05) is 12.2 Å². The number of carbonyl (C=O) groups is 1. The van der Waals surface area contributed by atoms with Gasteiger partial charge in [-0.15, -0.1) is 0 Å². The Morgan fingerprint density at radius 2 is 1.58 bits per heavy atom. The van der Waals surface area contributed by atoms with Gasteiger partial charge in [-0.2, -0.15) is 0 Å². The van der Waals surface area contributed by atoms with Gasteiger partial charge in [0.15, 0.2) is 5.78 Å². The summed E-state index contributed by atoms with van der Waals surface area (Å²) in [7, 11) is 0. The van der Waals surface area contributed by atoms with Crippen LogP contribution in [0.1, 0.15) is 86.5 Å². The van der Waals surface area contributed by atoms with E-state index in [9.17, 15) is 4.79 Å². The summed E-state index contributed by atoms with van der Waals surface area (Å²) >= 11 is 0. The van der Waals surface area contributed by atoms with Crippen molar-refractivity contribution in [1.82, 2.24) is 0 Å². The Bertz CT molecular complexity index is 470. The van der Waals surface area contributed by atoms with Crippen molar-refractivity contribution in [2.24, 2.45) is 5.92 Å². The molecule has 1 unspecified atom stereocenters. The van der Waals surface area contributed by atoms with Crippen LogP contribution in [0.25, 0.3) is 0 Å². The third kappa shape index (κ3) is 15.5. The molecule has 0 bridgehead atoms. The first-order valence-corrected chi connectivity index (χ1v) is 9.44. The molecule has 0 amide bonds. The fourth-order valence-electron chi connectivity index (χ4n) is 2.61. The van der Waals surface area contributed by atoms with E-state index in [0.29, 0.717) is 0 Å². The van der Waals surface area contributed by atoms with E-state index in [4.69, 9.17) is 0 Å². The average Bonchev–Trinajstić information content (AvgIpc) is 2.46. The van der Waals surface area contributed by atoms with Crippen LogP contribution in [-0.4, -0.2) is 5.78 Å². The second kappa shape index (κ2) is 14.0. The van der Waals surface area contributed by atoms with E-state index in [1.54, 1.807) is 13.0 Å². The highest BCUT2D eigenvalue weighted by atomic mass is 16.1. The fourth-order valence-corrected chi connectivity index (χ4v) is 2.61. The Hall–Kier alpha value is -1.37. The molecule has 0 N–H and O–H groups in total. The molecule has 1 heteroatoms. The first-order chi connectivity index (χ1) is 11.3. The van der Waals surface area contributed by atoms with E-state index in [2.05, 4.69) is 46.8 Å². The topological polar surface area (TPSA) is 17.1 Å². The van der Waals surface area contributed by atoms with Gasteiger partial charge in [0.25, 0.3) is 0 Å². The van der Waals surface area contributed by atoms with Crippen molar-refractivity contribution >= 4 is 5.78 Å². The maximum absolute atomic E-state index is 10.8. The van der Waals surface area contributed by atoms with E-state index < -0.39 is 0 Å². The van der Waals surface area contributed by atoms with Crippen molar-refractivity contribution in [3.63, 3.8) is 0 Å². The third-order valence-corrected chi connectivity index (χ3v) is 4.22. The molecule has 1 atom stereocenters. The van der Waals surface area contributed by atoms with Gasteiger partial charge >= 0.3 is 0 Å². The minimum absolute atomic E-state index is 0.102. The molecule has 24 heavy (non-hydrogen) atoms. The molecule has 0 aliphatic heterocycles. The molecule has 0 aromatic rings. The molecule has 136 valence electrons. The zero-order valence-electron chi connectivity index (χ0n) is 16.8. The molecule has 0 spiro atoms. The molecule has 0 fully saturated rings. The molecule has 0 aromatic heterocycles. The van der Waals surface area contributed by atoms with Crippen LogP contribution < -0.4 is 0 Å². The summed E-state index contributed by atoms with van der Waals surface area (Å²) in [6.45, 7) is 12.7. The van der Waals surface area contributed by atoms with Crippen molar-refractivity contribution in [1.29, 1.82) is 0 Å². The monoisotopic (exact) mass is 330 g/mol. The van der Waals surface area contributed by atoms with Crippen molar-refractivity contribution in [3.05, 3.63) is 47.1 Å². The Kier molecular flexibility index (Phi) is 13.2. The number of rotatable bonds is 12. The average molecular weight is 331 g/mol. The van der Waals surface area contributed by atoms with Crippen LogP contribution in [-0.2, 0) is 4.79 Å². The molecule has 0 saturated heterocycles. The molecule has 0 rings (SSSR count). The van der Waals surface area contributed by atoms with E-state index in [0.717, 1.165) is 18.8 Å². The van der Waals surface area contributed by atoms with Crippen molar-refractivity contribution in [3.8, 4) is 0 Å². The van der Waals surface area contributed by atoms with Gasteiger partial charge in [-0.05, 0) is 85.1 Å². The first kappa shape index (κ1) is 22.6. The second-order valence-electron chi connectivity index (χ2n) is 7.43. The lowest BCUT2D eigenvalue weighted by Gasteiger charge is -2.10. The lowest BCUT2D eigenvalue weighted by molar-refractivity contribution is -0.112. The summed E-state index contributed by atoms with van der Waals surface area (Å²) in [4.78, 5) is 10.8. The highest BCUT2D eigenvalue weighted by molar-refractivity contribution is 5.87. The number of hydrogen-bond acceptors (Lipinski definition) is 1. The molecule has 0 aromatic carbocycles.